The van der Waals surface area contributed by atoms with E-state index >= 15 is 0 Å². The second-order valence-corrected chi connectivity index (χ2v) is 9.14. The molecular weight excluding hydrogens is 507 g/mol. The zero-order chi connectivity index (χ0) is 27.1. The number of anilines is 1. The van der Waals surface area contributed by atoms with Crippen molar-refractivity contribution >= 4 is 22.6 Å². The maximum atomic E-state index is 13.7. The molecule has 0 radical (unpaired) electrons. The molecule has 39 heavy (non-hydrogen) atoms. The van der Waals surface area contributed by atoms with Crippen LogP contribution >= 0.6 is 0 Å². The maximum Gasteiger partial charge on any atom is 0.416 e. The number of amides is 1. The van der Waals surface area contributed by atoms with Crippen LogP contribution in [0.2, 0.25) is 0 Å². The Hall–Kier alpha value is -4.85. The van der Waals surface area contributed by atoms with Crippen LogP contribution in [0.5, 0.6) is 5.75 Å². The van der Waals surface area contributed by atoms with Gasteiger partial charge in [0.2, 0.25) is 5.76 Å². The molecule has 194 valence electrons. The fourth-order valence-electron chi connectivity index (χ4n) is 4.85. The van der Waals surface area contributed by atoms with Crippen molar-refractivity contribution in [2.45, 2.75) is 18.8 Å². The molecule has 0 saturated carbocycles. The molecule has 0 saturated heterocycles. The van der Waals surface area contributed by atoms with Crippen LogP contribution in [0.25, 0.3) is 11.0 Å². The summed E-state index contributed by atoms with van der Waals surface area (Å²) in [6.07, 6.45) is -4.62. The lowest BCUT2D eigenvalue weighted by molar-refractivity contribution is -0.137. The molecule has 8 heteroatoms. The van der Waals surface area contributed by atoms with Crippen molar-refractivity contribution in [3.63, 3.8) is 0 Å². The van der Waals surface area contributed by atoms with E-state index in [4.69, 9.17) is 9.15 Å². The lowest BCUT2D eigenvalue weighted by Crippen LogP contribution is -2.29. The van der Waals surface area contributed by atoms with Crippen LogP contribution in [-0.2, 0) is 12.8 Å². The van der Waals surface area contributed by atoms with Gasteiger partial charge in [-0.3, -0.25) is 14.5 Å². The third-order valence-corrected chi connectivity index (χ3v) is 6.65. The van der Waals surface area contributed by atoms with Crippen LogP contribution in [0.4, 0.5) is 18.9 Å². The minimum Gasteiger partial charge on any atom is -0.489 e. The first-order chi connectivity index (χ1) is 18.8. The summed E-state index contributed by atoms with van der Waals surface area (Å²) < 4.78 is 52.6. The van der Waals surface area contributed by atoms with Gasteiger partial charge < -0.3 is 9.15 Å². The smallest absolute Gasteiger partial charge is 0.416 e. The monoisotopic (exact) mass is 527 g/mol. The van der Waals surface area contributed by atoms with E-state index in [0.717, 1.165) is 17.7 Å². The van der Waals surface area contributed by atoms with E-state index < -0.39 is 29.1 Å². The van der Waals surface area contributed by atoms with Crippen LogP contribution in [0.15, 0.2) is 112 Å². The third kappa shape index (κ3) is 4.44. The van der Waals surface area contributed by atoms with Crippen LogP contribution in [0, 0.1) is 0 Å². The van der Waals surface area contributed by atoms with Crippen LogP contribution < -0.4 is 15.1 Å². The van der Waals surface area contributed by atoms with Crippen molar-refractivity contribution in [1.29, 1.82) is 0 Å². The number of nitrogens with zero attached hydrogens (tertiary/aromatic N) is 1. The molecule has 1 aromatic heterocycles. The average molecular weight is 527 g/mol. The van der Waals surface area contributed by atoms with E-state index in [0.29, 0.717) is 11.3 Å². The number of ether oxygens (including phenoxy) is 1. The second kappa shape index (κ2) is 9.47. The molecule has 0 N–H and O–H groups in total. The minimum absolute atomic E-state index is 0.00899. The molecule has 4 aromatic carbocycles. The number of carbonyl (C=O) groups is 1. The zero-order valence-electron chi connectivity index (χ0n) is 20.3. The summed E-state index contributed by atoms with van der Waals surface area (Å²) in [7, 11) is 0. The predicted molar refractivity (Wildman–Crippen MR) is 140 cm³/mol. The number of alkyl halides is 3. The van der Waals surface area contributed by atoms with E-state index in [1.165, 1.54) is 17.0 Å². The summed E-state index contributed by atoms with van der Waals surface area (Å²) in [6, 6.07) is 26.3. The molecular formula is C31H20F3NO4. The molecule has 0 aliphatic carbocycles. The van der Waals surface area contributed by atoms with Gasteiger partial charge in [-0.05, 0) is 53.6 Å². The molecule has 1 amide bonds. The lowest BCUT2D eigenvalue weighted by atomic mass is 9.98. The highest BCUT2D eigenvalue weighted by Gasteiger charge is 2.44. The van der Waals surface area contributed by atoms with Crippen molar-refractivity contribution in [2.24, 2.45) is 0 Å². The maximum absolute atomic E-state index is 13.7. The van der Waals surface area contributed by atoms with Crippen molar-refractivity contribution in [2.75, 3.05) is 4.90 Å². The van der Waals surface area contributed by atoms with Crippen LogP contribution in [0.3, 0.4) is 0 Å². The van der Waals surface area contributed by atoms with Gasteiger partial charge in [-0.1, -0.05) is 60.7 Å². The number of carbonyl (C=O) groups excluding carboxylic acids is 1. The van der Waals surface area contributed by atoms with Gasteiger partial charge in [0.15, 0.2) is 5.43 Å². The van der Waals surface area contributed by atoms with Crippen molar-refractivity contribution in [3.8, 4) is 5.75 Å². The fraction of sp³-hybridized carbons (Fsp3) is 0.0968. The Bertz CT molecular complexity index is 1760. The molecule has 5 aromatic rings. The number of rotatable bonds is 5. The Labute approximate surface area is 220 Å². The second-order valence-electron chi connectivity index (χ2n) is 9.14. The highest BCUT2D eigenvalue weighted by Crippen LogP contribution is 2.43. The first kappa shape index (κ1) is 24.5. The highest BCUT2D eigenvalue weighted by atomic mass is 19.4. The van der Waals surface area contributed by atoms with Crippen LogP contribution in [0.1, 0.15) is 38.9 Å². The number of halogens is 3. The van der Waals surface area contributed by atoms with Crippen LogP contribution in [-0.4, -0.2) is 5.91 Å². The highest BCUT2D eigenvalue weighted by molar-refractivity contribution is 6.10. The quantitative estimate of drug-likeness (QED) is 0.244. The van der Waals surface area contributed by atoms with Gasteiger partial charge in [0, 0.05) is 5.69 Å². The van der Waals surface area contributed by atoms with E-state index in [9.17, 15) is 22.8 Å². The Balaban J connectivity index is 1.50. The normalized spacial score (nSPS) is 15.0. The summed E-state index contributed by atoms with van der Waals surface area (Å²) in [5.41, 5.74) is 0.387. The third-order valence-electron chi connectivity index (χ3n) is 6.65. The van der Waals surface area contributed by atoms with Crippen molar-refractivity contribution in [3.05, 3.63) is 141 Å². The Morgan fingerprint density at radius 1 is 0.821 bits per heavy atom. The van der Waals surface area contributed by atoms with Gasteiger partial charge in [0.25, 0.3) is 5.91 Å². The topological polar surface area (TPSA) is 59.8 Å². The van der Waals surface area contributed by atoms with E-state index in [1.54, 1.807) is 48.5 Å². The molecule has 0 fully saturated rings. The van der Waals surface area contributed by atoms with Crippen molar-refractivity contribution < 1.29 is 27.1 Å². The molecule has 2 heterocycles. The summed E-state index contributed by atoms with van der Waals surface area (Å²) >= 11 is 0. The number of hydrogen-bond acceptors (Lipinski definition) is 4. The predicted octanol–water partition coefficient (Wildman–Crippen LogP) is 7.14. The van der Waals surface area contributed by atoms with Gasteiger partial charge in [0.1, 0.15) is 17.9 Å². The Kier molecular flexibility index (Phi) is 5.95. The fourth-order valence-corrected chi connectivity index (χ4v) is 4.85. The number of hydrogen-bond donors (Lipinski definition) is 0. The largest absolute Gasteiger partial charge is 0.489 e. The molecule has 1 atom stereocenters. The van der Waals surface area contributed by atoms with E-state index in [2.05, 4.69) is 0 Å². The standard InChI is InChI=1S/C31H20F3NO4/c32-31(33,34)21-11-7-12-22(17-21)35-27(20-10-6-13-23(16-20)38-18-19-8-2-1-3-9-19)26-28(36)24-14-4-5-15-25(24)39-29(26)30(35)37/h1-17,27H,18H2. The number of benzene rings is 4. The van der Waals surface area contributed by atoms with E-state index in [1.807, 2.05) is 30.3 Å². The molecule has 1 aliphatic rings. The minimum atomic E-state index is -4.62. The summed E-state index contributed by atoms with van der Waals surface area (Å²) in [5.74, 6) is -0.420. The molecule has 6 rings (SSSR count). The summed E-state index contributed by atoms with van der Waals surface area (Å²) in [4.78, 5) is 28.6. The Morgan fingerprint density at radius 3 is 2.36 bits per heavy atom. The average Bonchev–Trinajstić information content (AvgIpc) is 3.24. The molecule has 0 bridgehead atoms. The summed E-state index contributed by atoms with van der Waals surface area (Å²) in [6.45, 7) is 0.286. The van der Waals surface area contributed by atoms with Gasteiger partial charge >= 0.3 is 6.18 Å². The molecule has 0 spiro atoms. The van der Waals surface area contributed by atoms with Crippen molar-refractivity contribution in [1.82, 2.24) is 0 Å². The van der Waals surface area contributed by atoms with Gasteiger partial charge in [0.05, 0.1) is 22.6 Å². The number of para-hydroxylation sites is 1. The SMILES string of the molecule is O=C1c2oc3ccccc3c(=O)c2C(c2cccc(OCc3ccccc3)c2)N1c1cccc(C(F)(F)F)c1. The van der Waals surface area contributed by atoms with Gasteiger partial charge in [-0.15, -0.1) is 0 Å². The first-order valence-corrected chi connectivity index (χ1v) is 12.1. The van der Waals surface area contributed by atoms with Gasteiger partial charge in [-0.2, -0.15) is 13.2 Å². The molecule has 5 nitrogen and oxygen atoms in total. The zero-order valence-corrected chi connectivity index (χ0v) is 20.3. The lowest BCUT2D eigenvalue weighted by Gasteiger charge is -2.26. The molecule has 1 aliphatic heterocycles. The Morgan fingerprint density at radius 2 is 1.56 bits per heavy atom. The van der Waals surface area contributed by atoms with E-state index in [-0.39, 0.29) is 34.6 Å². The molecule has 1 unspecified atom stereocenters. The summed E-state index contributed by atoms with van der Waals surface area (Å²) in [5, 5.41) is 0.274. The number of fused-ring (bicyclic) bond motifs is 2. The first-order valence-electron chi connectivity index (χ1n) is 12.1. The van der Waals surface area contributed by atoms with Gasteiger partial charge in [-0.25, -0.2) is 0 Å².